The first-order valence-corrected chi connectivity index (χ1v) is 20.1. The van der Waals surface area contributed by atoms with Gasteiger partial charge in [0.05, 0.1) is 12.7 Å². The lowest BCUT2D eigenvalue weighted by Gasteiger charge is -2.17. The van der Waals surface area contributed by atoms with Crippen molar-refractivity contribution in [1.29, 1.82) is 0 Å². The lowest BCUT2D eigenvalue weighted by molar-refractivity contribution is -0.0288. The van der Waals surface area contributed by atoms with Gasteiger partial charge in [0.15, 0.2) is 0 Å². The lowest BCUT2D eigenvalue weighted by atomic mass is 10.0. The molecule has 0 radical (unpaired) electrons. The number of hydrogen-bond acceptors (Lipinski definition) is 3. The third kappa shape index (κ3) is 38.0. The van der Waals surface area contributed by atoms with Crippen molar-refractivity contribution in [2.75, 3.05) is 26.4 Å². The van der Waals surface area contributed by atoms with Gasteiger partial charge in [-0.15, -0.1) is 0 Å². The van der Waals surface area contributed by atoms with Crippen LogP contribution < -0.4 is 0 Å². The first-order chi connectivity index (χ1) is 21.3. The van der Waals surface area contributed by atoms with E-state index in [4.69, 9.17) is 9.47 Å². The highest BCUT2D eigenvalue weighted by molar-refractivity contribution is 4.57. The van der Waals surface area contributed by atoms with Gasteiger partial charge in [0.2, 0.25) is 0 Å². The van der Waals surface area contributed by atoms with Crippen LogP contribution in [0.1, 0.15) is 226 Å². The van der Waals surface area contributed by atoms with Crippen LogP contribution in [0.3, 0.4) is 0 Å². The van der Waals surface area contributed by atoms with Crippen molar-refractivity contribution in [3.8, 4) is 0 Å². The molecule has 0 aliphatic heterocycles. The Morgan fingerprint density at radius 3 is 0.953 bits per heavy atom. The molecule has 0 aromatic carbocycles. The van der Waals surface area contributed by atoms with E-state index >= 15 is 0 Å². The van der Waals surface area contributed by atoms with Gasteiger partial charge in [-0.3, -0.25) is 0 Å². The average Bonchev–Trinajstić information content (AvgIpc) is 3.01. The molecule has 0 heterocycles. The molecule has 0 amide bonds. The predicted octanol–water partition coefficient (Wildman–Crippen LogP) is 13.3. The quantitative estimate of drug-likeness (QED) is 0.0704. The molecule has 0 aliphatic rings. The van der Waals surface area contributed by atoms with Gasteiger partial charge in [-0.05, 0) is 19.3 Å². The van der Waals surface area contributed by atoms with Crippen molar-refractivity contribution in [1.82, 2.24) is 0 Å². The molecule has 0 spiro atoms. The van der Waals surface area contributed by atoms with E-state index in [1.807, 2.05) is 0 Å². The predicted molar refractivity (Wildman–Crippen MR) is 191 cm³/mol. The fraction of sp³-hybridized carbons (Fsp3) is 1.00. The minimum atomic E-state index is 0.0578. The van der Waals surface area contributed by atoms with Crippen LogP contribution in [0, 0.1) is 0 Å². The van der Waals surface area contributed by atoms with E-state index in [9.17, 15) is 5.11 Å². The van der Waals surface area contributed by atoms with Crippen LogP contribution in [-0.4, -0.2) is 37.6 Å². The van der Waals surface area contributed by atoms with Crippen LogP contribution in [0.2, 0.25) is 0 Å². The third-order valence-corrected chi connectivity index (χ3v) is 9.25. The topological polar surface area (TPSA) is 38.7 Å². The maximum absolute atomic E-state index is 9.40. The largest absolute Gasteiger partial charge is 0.396 e. The SMILES string of the molecule is CCCCCCCCCCCCCCCCCCOCC(CCO)OCCCCCCCCCCCCCCCCCC. The Balaban J connectivity index is 3.34. The normalized spacial score (nSPS) is 12.3. The van der Waals surface area contributed by atoms with E-state index in [1.165, 1.54) is 193 Å². The summed E-state index contributed by atoms with van der Waals surface area (Å²) in [7, 11) is 0. The van der Waals surface area contributed by atoms with Crippen LogP contribution in [0.25, 0.3) is 0 Å². The summed E-state index contributed by atoms with van der Waals surface area (Å²) in [6, 6.07) is 0. The molecule has 43 heavy (non-hydrogen) atoms. The molecular formula is C40H82O3. The zero-order valence-electron chi connectivity index (χ0n) is 30.0. The molecule has 0 rings (SSSR count). The van der Waals surface area contributed by atoms with Crippen molar-refractivity contribution in [2.24, 2.45) is 0 Å². The molecule has 1 unspecified atom stereocenters. The van der Waals surface area contributed by atoms with E-state index in [-0.39, 0.29) is 12.7 Å². The van der Waals surface area contributed by atoms with Gasteiger partial charge in [0.1, 0.15) is 0 Å². The fourth-order valence-electron chi connectivity index (χ4n) is 6.23. The second-order valence-corrected chi connectivity index (χ2v) is 13.7. The molecule has 0 saturated carbocycles. The maximum Gasteiger partial charge on any atom is 0.0830 e. The Labute approximate surface area is 272 Å². The molecule has 3 nitrogen and oxygen atoms in total. The summed E-state index contributed by atoms with van der Waals surface area (Å²) in [6.45, 7) is 7.06. The molecule has 0 fully saturated rings. The second kappa shape index (κ2) is 39.9. The standard InChI is InChI=1S/C40H82O3/c1-3-5-7-9-11-13-15-17-19-21-23-25-27-29-31-33-37-42-39-40(35-36-41)43-38-34-32-30-28-26-24-22-20-18-16-14-12-10-8-6-4-2/h40-41H,3-39H2,1-2H3. The number of hydrogen-bond donors (Lipinski definition) is 1. The number of aliphatic hydroxyl groups excluding tert-OH is 1. The highest BCUT2D eigenvalue weighted by Gasteiger charge is 2.09. The maximum atomic E-state index is 9.40. The van der Waals surface area contributed by atoms with Crippen LogP contribution in [-0.2, 0) is 9.47 Å². The molecule has 0 bridgehead atoms. The Morgan fingerprint density at radius 1 is 0.372 bits per heavy atom. The fourth-order valence-corrected chi connectivity index (χ4v) is 6.23. The zero-order valence-corrected chi connectivity index (χ0v) is 30.0. The molecule has 260 valence electrons. The number of ether oxygens (including phenoxy) is 2. The smallest absolute Gasteiger partial charge is 0.0830 e. The summed E-state index contributed by atoms with van der Waals surface area (Å²) in [6.07, 6.45) is 45.4. The van der Waals surface area contributed by atoms with Gasteiger partial charge in [-0.2, -0.15) is 0 Å². The van der Waals surface area contributed by atoms with Crippen molar-refractivity contribution < 1.29 is 14.6 Å². The van der Waals surface area contributed by atoms with Crippen LogP contribution >= 0.6 is 0 Å². The highest BCUT2D eigenvalue weighted by atomic mass is 16.5. The molecule has 3 heteroatoms. The molecule has 1 N–H and O–H groups in total. The summed E-state index contributed by atoms with van der Waals surface area (Å²) in [5.74, 6) is 0. The van der Waals surface area contributed by atoms with Crippen molar-refractivity contribution >= 4 is 0 Å². The highest BCUT2D eigenvalue weighted by Crippen LogP contribution is 2.15. The van der Waals surface area contributed by atoms with Gasteiger partial charge < -0.3 is 14.6 Å². The molecule has 0 aromatic rings. The summed E-state index contributed by atoms with van der Waals surface area (Å²) in [5, 5.41) is 9.40. The molecular weight excluding hydrogens is 528 g/mol. The van der Waals surface area contributed by atoms with E-state index < -0.39 is 0 Å². The molecule has 0 saturated heterocycles. The first-order valence-electron chi connectivity index (χ1n) is 20.1. The minimum Gasteiger partial charge on any atom is -0.396 e. The van der Waals surface area contributed by atoms with E-state index in [0.29, 0.717) is 13.0 Å². The zero-order chi connectivity index (χ0) is 31.2. The Kier molecular flexibility index (Phi) is 39.8. The second-order valence-electron chi connectivity index (χ2n) is 13.7. The lowest BCUT2D eigenvalue weighted by Crippen LogP contribution is -2.22. The molecule has 0 aromatic heterocycles. The number of rotatable bonds is 39. The monoisotopic (exact) mass is 611 g/mol. The van der Waals surface area contributed by atoms with Gasteiger partial charge >= 0.3 is 0 Å². The summed E-state index contributed by atoms with van der Waals surface area (Å²) >= 11 is 0. The van der Waals surface area contributed by atoms with Crippen LogP contribution in [0.5, 0.6) is 0 Å². The molecule has 0 aliphatic carbocycles. The van der Waals surface area contributed by atoms with E-state index in [0.717, 1.165) is 26.1 Å². The number of unbranched alkanes of at least 4 members (excludes halogenated alkanes) is 30. The third-order valence-electron chi connectivity index (χ3n) is 9.25. The van der Waals surface area contributed by atoms with Crippen molar-refractivity contribution in [3.63, 3.8) is 0 Å². The van der Waals surface area contributed by atoms with E-state index in [2.05, 4.69) is 13.8 Å². The van der Waals surface area contributed by atoms with E-state index in [1.54, 1.807) is 0 Å². The van der Waals surface area contributed by atoms with Gasteiger partial charge in [0, 0.05) is 19.8 Å². The number of aliphatic hydroxyl groups is 1. The minimum absolute atomic E-state index is 0.0578. The Bertz CT molecular complexity index is 469. The summed E-state index contributed by atoms with van der Waals surface area (Å²) in [5.41, 5.74) is 0. The average molecular weight is 611 g/mol. The Hall–Kier alpha value is -0.120. The van der Waals surface area contributed by atoms with Crippen LogP contribution in [0.15, 0.2) is 0 Å². The van der Waals surface area contributed by atoms with Gasteiger partial charge in [-0.1, -0.05) is 206 Å². The van der Waals surface area contributed by atoms with Gasteiger partial charge in [0.25, 0.3) is 0 Å². The Morgan fingerprint density at radius 2 is 0.651 bits per heavy atom. The van der Waals surface area contributed by atoms with Crippen molar-refractivity contribution in [2.45, 2.75) is 232 Å². The summed E-state index contributed by atoms with van der Waals surface area (Å²) < 4.78 is 12.0. The van der Waals surface area contributed by atoms with Crippen LogP contribution in [0.4, 0.5) is 0 Å². The van der Waals surface area contributed by atoms with Crippen molar-refractivity contribution in [3.05, 3.63) is 0 Å². The molecule has 1 atom stereocenters. The first kappa shape index (κ1) is 42.9. The summed E-state index contributed by atoms with van der Waals surface area (Å²) in [4.78, 5) is 0. The van der Waals surface area contributed by atoms with Gasteiger partial charge in [-0.25, -0.2) is 0 Å².